The van der Waals surface area contributed by atoms with Crippen molar-refractivity contribution >= 4 is 15.9 Å². The van der Waals surface area contributed by atoms with E-state index in [1.165, 1.54) is 16.4 Å². The molecule has 2 heterocycles. The first-order chi connectivity index (χ1) is 11.7. The number of aryl methyl sites for hydroxylation is 1. The van der Waals surface area contributed by atoms with E-state index in [2.05, 4.69) is 10.2 Å². The molecular weight excluding hydrogens is 345 g/mol. The van der Waals surface area contributed by atoms with Crippen molar-refractivity contribution in [3.63, 3.8) is 0 Å². The average molecular weight is 369 g/mol. The summed E-state index contributed by atoms with van der Waals surface area (Å²) in [6, 6.07) is 3.85. The topological polar surface area (TPSA) is 69.7 Å². The Balaban J connectivity index is 1.92. The Labute approximate surface area is 148 Å². The molecule has 1 atom stereocenters. The average Bonchev–Trinajstić information content (AvgIpc) is 2.75. The van der Waals surface area contributed by atoms with E-state index in [1.807, 2.05) is 7.05 Å². The summed E-state index contributed by atoms with van der Waals surface area (Å²) >= 11 is 0. The number of rotatable bonds is 2. The number of nitrogens with zero attached hydrogens (tertiary/aromatic N) is 2. The second-order valence-corrected chi connectivity index (χ2v) is 8.90. The molecule has 25 heavy (non-hydrogen) atoms. The van der Waals surface area contributed by atoms with Crippen molar-refractivity contribution in [2.75, 3.05) is 33.2 Å². The molecule has 1 aromatic carbocycles. The molecule has 6 nitrogen and oxygen atoms in total. The Morgan fingerprint density at radius 3 is 2.76 bits per heavy atom. The zero-order valence-electron chi connectivity index (χ0n) is 14.6. The molecule has 1 aromatic rings. The lowest BCUT2D eigenvalue weighted by Gasteiger charge is -2.48. The molecule has 2 fully saturated rings. The summed E-state index contributed by atoms with van der Waals surface area (Å²) in [7, 11) is -1.80. The summed E-state index contributed by atoms with van der Waals surface area (Å²) in [4.78, 5) is 13.9. The molecule has 0 aromatic heterocycles. The van der Waals surface area contributed by atoms with Gasteiger partial charge in [0, 0.05) is 38.1 Å². The van der Waals surface area contributed by atoms with Crippen molar-refractivity contribution in [2.24, 2.45) is 0 Å². The lowest BCUT2D eigenvalue weighted by atomic mass is 9.87. The van der Waals surface area contributed by atoms with Crippen LogP contribution in [0.5, 0.6) is 0 Å². The summed E-state index contributed by atoms with van der Waals surface area (Å²) in [6.07, 6.45) is 1.70. The third kappa shape index (κ3) is 3.43. The number of carbonyl (C=O) groups is 1. The lowest BCUT2D eigenvalue weighted by molar-refractivity contribution is -0.121. The van der Waals surface area contributed by atoms with Gasteiger partial charge in [0.2, 0.25) is 15.9 Å². The predicted molar refractivity (Wildman–Crippen MR) is 92.1 cm³/mol. The predicted octanol–water partition coefficient (Wildman–Crippen LogP) is 1.11. The summed E-state index contributed by atoms with van der Waals surface area (Å²) < 4.78 is 41.3. The molecule has 138 valence electrons. The van der Waals surface area contributed by atoms with Crippen LogP contribution in [0.15, 0.2) is 23.1 Å². The maximum absolute atomic E-state index is 13.6. The number of hydrogen-bond donors (Lipinski definition) is 1. The highest BCUT2D eigenvalue weighted by molar-refractivity contribution is 7.89. The largest absolute Gasteiger partial charge is 0.356 e. The van der Waals surface area contributed by atoms with E-state index in [-0.39, 0.29) is 16.3 Å². The van der Waals surface area contributed by atoms with E-state index in [9.17, 15) is 17.6 Å². The summed E-state index contributed by atoms with van der Waals surface area (Å²) in [5.74, 6) is -0.552. The first kappa shape index (κ1) is 18.3. The smallest absolute Gasteiger partial charge is 0.243 e. The molecule has 2 aliphatic heterocycles. The molecule has 0 saturated carbocycles. The number of halogens is 1. The number of benzene rings is 1. The summed E-state index contributed by atoms with van der Waals surface area (Å²) in [5, 5.41) is 2.86. The fourth-order valence-corrected chi connectivity index (χ4v) is 5.50. The van der Waals surface area contributed by atoms with Crippen LogP contribution in [0.3, 0.4) is 0 Å². The molecule has 0 radical (unpaired) electrons. The van der Waals surface area contributed by atoms with Crippen molar-refractivity contribution in [2.45, 2.75) is 36.6 Å². The maximum atomic E-state index is 13.6. The number of nitrogens with one attached hydrogen (secondary N) is 1. The van der Waals surface area contributed by atoms with Gasteiger partial charge in [0.05, 0.1) is 4.90 Å². The van der Waals surface area contributed by atoms with Gasteiger partial charge in [0.15, 0.2) is 0 Å². The molecular formula is C17H24FN3O3S. The fourth-order valence-electron chi connectivity index (χ4n) is 3.76. The Morgan fingerprint density at radius 2 is 2.00 bits per heavy atom. The molecule has 0 bridgehead atoms. The molecule has 1 spiro atoms. The van der Waals surface area contributed by atoms with Crippen molar-refractivity contribution in [3.8, 4) is 0 Å². The van der Waals surface area contributed by atoms with Gasteiger partial charge in [-0.05, 0) is 44.5 Å². The Morgan fingerprint density at radius 1 is 1.24 bits per heavy atom. The van der Waals surface area contributed by atoms with Crippen LogP contribution in [-0.4, -0.2) is 62.3 Å². The van der Waals surface area contributed by atoms with Crippen LogP contribution in [0.4, 0.5) is 4.39 Å². The van der Waals surface area contributed by atoms with Crippen molar-refractivity contribution in [1.29, 1.82) is 0 Å². The van der Waals surface area contributed by atoms with E-state index in [0.717, 1.165) is 6.07 Å². The zero-order valence-corrected chi connectivity index (χ0v) is 15.4. The second kappa shape index (κ2) is 6.66. The molecule has 3 rings (SSSR count). The zero-order chi connectivity index (χ0) is 18.2. The first-order valence-corrected chi connectivity index (χ1v) is 9.93. The number of carbonyl (C=O) groups excluding carboxylic acids is 1. The minimum absolute atomic E-state index is 0.00577. The second-order valence-electron chi connectivity index (χ2n) is 6.99. The van der Waals surface area contributed by atoms with E-state index in [1.54, 1.807) is 6.92 Å². The van der Waals surface area contributed by atoms with Gasteiger partial charge in [0.1, 0.15) is 5.82 Å². The van der Waals surface area contributed by atoms with Gasteiger partial charge < -0.3 is 5.32 Å². The van der Waals surface area contributed by atoms with Gasteiger partial charge in [-0.15, -0.1) is 0 Å². The third-order valence-electron chi connectivity index (χ3n) is 5.46. The quantitative estimate of drug-likeness (QED) is 0.848. The Kier molecular flexibility index (Phi) is 4.87. The van der Waals surface area contributed by atoms with Crippen LogP contribution in [0.1, 0.15) is 24.8 Å². The Hall–Kier alpha value is -1.51. The summed E-state index contributed by atoms with van der Waals surface area (Å²) in [6.45, 7) is 3.47. The number of hydrogen-bond acceptors (Lipinski definition) is 4. The van der Waals surface area contributed by atoms with Crippen LogP contribution < -0.4 is 5.32 Å². The van der Waals surface area contributed by atoms with Gasteiger partial charge in [0.25, 0.3) is 0 Å². The highest BCUT2D eigenvalue weighted by Crippen LogP contribution is 2.33. The van der Waals surface area contributed by atoms with E-state index in [0.29, 0.717) is 51.0 Å². The minimum Gasteiger partial charge on any atom is -0.356 e. The van der Waals surface area contributed by atoms with Gasteiger partial charge in [-0.1, -0.05) is 6.07 Å². The molecule has 2 aliphatic rings. The number of piperazine rings is 1. The van der Waals surface area contributed by atoms with Crippen LogP contribution >= 0.6 is 0 Å². The molecule has 8 heteroatoms. The van der Waals surface area contributed by atoms with Crippen LogP contribution in [-0.2, 0) is 14.8 Å². The monoisotopic (exact) mass is 369 g/mol. The molecule has 2 saturated heterocycles. The van der Waals surface area contributed by atoms with Crippen molar-refractivity contribution < 1.29 is 17.6 Å². The molecule has 1 amide bonds. The van der Waals surface area contributed by atoms with Crippen LogP contribution in [0, 0.1) is 12.7 Å². The highest BCUT2D eigenvalue weighted by atomic mass is 32.2. The standard InChI is InChI=1S/C17H24FN3O3S/c1-13-3-4-14(18)11-15(13)25(23,24)21-10-9-20(2)17(12-21)6-5-16(22)19-8-7-17/h3-4,11H,5-10,12H2,1-2H3,(H,19,22)/t17-/m1/s1. The number of sulfonamides is 1. The van der Waals surface area contributed by atoms with Gasteiger partial charge >= 0.3 is 0 Å². The Bertz CT molecular complexity index is 783. The number of amides is 1. The van der Waals surface area contributed by atoms with Gasteiger partial charge in [-0.3, -0.25) is 9.69 Å². The third-order valence-corrected chi connectivity index (χ3v) is 7.45. The number of likely N-dealkylation sites (N-methyl/N-ethyl adjacent to an activating group) is 1. The lowest BCUT2D eigenvalue weighted by Crippen LogP contribution is -2.62. The van der Waals surface area contributed by atoms with E-state index < -0.39 is 15.8 Å². The van der Waals surface area contributed by atoms with E-state index in [4.69, 9.17) is 0 Å². The van der Waals surface area contributed by atoms with Crippen molar-refractivity contribution in [3.05, 3.63) is 29.6 Å². The first-order valence-electron chi connectivity index (χ1n) is 8.49. The van der Waals surface area contributed by atoms with Gasteiger partial charge in [-0.2, -0.15) is 4.31 Å². The van der Waals surface area contributed by atoms with Crippen LogP contribution in [0.25, 0.3) is 0 Å². The molecule has 1 N–H and O–H groups in total. The fraction of sp³-hybridized carbons (Fsp3) is 0.588. The maximum Gasteiger partial charge on any atom is 0.243 e. The molecule has 0 unspecified atom stereocenters. The normalized spacial score (nSPS) is 26.4. The van der Waals surface area contributed by atoms with E-state index >= 15 is 0 Å². The van der Waals surface area contributed by atoms with Gasteiger partial charge in [-0.25, -0.2) is 12.8 Å². The van der Waals surface area contributed by atoms with Crippen LogP contribution in [0.2, 0.25) is 0 Å². The SMILES string of the molecule is Cc1ccc(F)cc1S(=O)(=O)N1CCN(C)[C@]2(CCNC(=O)CC2)C1. The highest BCUT2D eigenvalue weighted by Gasteiger charge is 2.44. The van der Waals surface area contributed by atoms with Crippen molar-refractivity contribution in [1.82, 2.24) is 14.5 Å². The minimum atomic E-state index is -3.78. The molecule has 0 aliphatic carbocycles. The summed E-state index contributed by atoms with van der Waals surface area (Å²) in [5.41, 5.74) is 0.165.